The lowest BCUT2D eigenvalue weighted by Gasteiger charge is -2.27. The third-order valence-corrected chi connectivity index (χ3v) is 3.17. The van der Waals surface area contributed by atoms with Crippen LogP contribution in [-0.2, 0) is 0 Å². The molecule has 1 amide bonds. The fraction of sp³-hybridized carbons (Fsp3) is 0.0714. The number of anilines is 1. The largest absolute Gasteiger partial charge is 0.361 e. The molecule has 6 nitrogen and oxygen atoms in total. The van der Waals surface area contributed by atoms with Crippen molar-refractivity contribution in [3.05, 3.63) is 69.8 Å². The minimum Gasteiger partial charge on any atom is -0.361 e. The molecule has 6 heteroatoms. The second-order valence-corrected chi connectivity index (χ2v) is 4.45. The van der Waals surface area contributed by atoms with Crippen LogP contribution in [0.25, 0.3) is 0 Å². The topological polar surface area (TPSA) is 84.3 Å². The summed E-state index contributed by atoms with van der Waals surface area (Å²) in [5.41, 5.74) is 1.70. The van der Waals surface area contributed by atoms with Crippen molar-refractivity contribution in [1.82, 2.24) is 5.32 Å². The average Bonchev–Trinajstić information content (AvgIpc) is 2.47. The molecule has 1 atom stereocenters. The standard InChI is InChI=1S/C14H11N3O3/c18-14-11-8-10(17(19)20)6-7-12(11)15-13(16-14)9-4-2-1-3-5-9/h1-8,13,15H,(H,16,18)/t13-/m1/s1. The van der Waals surface area contributed by atoms with Gasteiger partial charge in [0.2, 0.25) is 0 Å². The molecule has 20 heavy (non-hydrogen) atoms. The highest BCUT2D eigenvalue weighted by Gasteiger charge is 2.26. The Hall–Kier alpha value is -2.89. The number of fused-ring (bicyclic) bond motifs is 1. The van der Waals surface area contributed by atoms with Crippen LogP contribution in [0.3, 0.4) is 0 Å². The lowest BCUT2D eigenvalue weighted by atomic mass is 10.1. The first kappa shape index (κ1) is 12.2. The highest BCUT2D eigenvalue weighted by molar-refractivity contribution is 6.02. The normalized spacial score (nSPS) is 16.8. The Bertz CT molecular complexity index is 685. The first-order valence-corrected chi connectivity index (χ1v) is 6.06. The van der Waals surface area contributed by atoms with Gasteiger partial charge in [-0.05, 0) is 11.6 Å². The van der Waals surface area contributed by atoms with Crippen LogP contribution in [0.5, 0.6) is 0 Å². The molecular formula is C14H11N3O3. The molecular weight excluding hydrogens is 258 g/mol. The van der Waals surface area contributed by atoms with E-state index in [-0.39, 0.29) is 23.3 Å². The lowest BCUT2D eigenvalue weighted by Crippen LogP contribution is -2.38. The van der Waals surface area contributed by atoms with E-state index in [2.05, 4.69) is 10.6 Å². The smallest absolute Gasteiger partial charge is 0.270 e. The number of nitro benzene ring substituents is 1. The molecule has 1 heterocycles. The molecule has 0 unspecified atom stereocenters. The van der Waals surface area contributed by atoms with E-state index in [1.165, 1.54) is 12.1 Å². The maximum absolute atomic E-state index is 12.1. The molecule has 0 saturated heterocycles. The van der Waals surface area contributed by atoms with Crippen molar-refractivity contribution < 1.29 is 9.72 Å². The van der Waals surface area contributed by atoms with E-state index < -0.39 is 4.92 Å². The first-order chi connectivity index (χ1) is 9.65. The maximum Gasteiger partial charge on any atom is 0.270 e. The fourth-order valence-electron chi connectivity index (χ4n) is 2.17. The molecule has 1 aliphatic heterocycles. The zero-order chi connectivity index (χ0) is 14.1. The fourth-order valence-corrected chi connectivity index (χ4v) is 2.17. The molecule has 0 bridgehead atoms. The van der Waals surface area contributed by atoms with Gasteiger partial charge in [0.05, 0.1) is 10.5 Å². The molecule has 100 valence electrons. The summed E-state index contributed by atoms with van der Waals surface area (Å²) in [7, 11) is 0. The van der Waals surface area contributed by atoms with Gasteiger partial charge in [-0.2, -0.15) is 0 Å². The molecule has 2 aromatic rings. The first-order valence-electron chi connectivity index (χ1n) is 6.06. The number of carbonyl (C=O) groups is 1. The van der Waals surface area contributed by atoms with E-state index in [1.54, 1.807) is 6.07 Å². The second-order valence-electron chi connectivity index (χ2n) is 4.45. The molecule has 1 aliphatic rings. The van der Waals surface area contributed by atoms with Gasteiger partial charge in [0.15, 0.2) is 0 Å². The minimum absolute atomic E-state index is 0.0983. The summed E-state index contributed by atoms with van der Waals surface area (Å²) >= 11 is 0. The van der Waals surface area contributed by atoms with E-state index in [0.29, 0.717) is 5.69 Å². The Morgan fingerprint density at radius 3 is 2.50 bits per heavy atom. The number of nitrogens with zero attached hydrogens (tertiary/aromatic N) is 1. The molecule has 3 rings (SSSR count). The Morgan fingerprint density at radius 2 is 1.80 bits per heavy atom. The van der Waals surface area contributed by atoms with E-state index in [1.807, 2.05) is 30.3 Å². The van der Waals surface area contributed by atoms with Crippen LogP contribution >= 0.6 is 0 Å². The number of hydrogen-bond acceptors (Lipinski definition) is 4. The van der Waals surface area contributed by atoms with Crippen LogP contribution in [0.1, 0.15) is 22.1 Å². The summed E-state index contributed by atoms with van der Waals surface area (Å²) in [5, 5.41) is 16.7. The molecule has 2 aromatic carbocycles. The molecule has 0 aliphatic carbocycles. The summed E-state index contributed by atoms with van der Waals surface area (Å²) in [5.74, 6) is -0.323. The van der Waals surface area contributed by atoms with Gasteiger partial charge in [-0.3, -0.25) is 14.9 Å². The quantitative estimate of drug-likeness (QED) is 0.647. The maximum atomic E-state index is 12.1. The summed E-state index contributed by atoms with van der Waals surface area (Å²) in [6, 6.07) is 13.7. The van der Waals surface area contributed by atoms with Crippen molar-refractivity contribution in [2.24, 2.45) is 0 Å². The van der Waals surface area contributed by atoms with Crippen molar-refractivity contribution in [2.45, 2.75) is 6.17 Å². The summed E-state index contributed by atoms with van der Waals surface area (Å²) in [6.07, 6.45) is -0.336. The van der Waals surface area contributed by atoms with E-state index >= 15 is 0 Å². The van der Waals surface area contributed by atoms with Gasteiger partial charge in [-0.25, -0.2) is 0 Å². The highest BCUT2D eigenvalue weighted by Crippen LogP contribution is 2.29. The molecule has 0 radical (unpaired) electrons. The number of benzene rings is 2. The van der Waals surface area contributed by atoms with Crippen LogP contribution in [0.2, 0.25) is 0 Å². The van der Waals surface area contributed by atoms with Crippen LogP contribution in [0.4, 0.5) is 11.4 Å². The third-order valence-electron chi connectivity index (χ3n) is 3.17. The van der Waals surface area contributed by atoms with Gasteiger partial charge in [0, 0.05) is 17.8 Å². The average molecular weight is 269 g/mol. The number of non-ortho nitro benzene ring substituents is 1. The van der Waals surface area contributed by atoms with E-state index in [0.717, 1.165) is 5.56 Å². The molecule has 0 fully saturated rings. The van der Waals surface area contributed by atoms with Crippen LogP contribution in [-0.4, -0.2) is 10.8 Å². The Labute approximate surface area is 114 Å². The second kappa shape index (κ2) is 4.65. The van der Waals surface area contributed by atoms with Crippen LogP contribution in [0, 0.1) is 10.1 Å². The molecule has 0 aromatic heterocycles. The SMILES string of the molecule is O=C1N[C@H](c2ccccc2)Nc2ccc([N+](=O)[O-])cc21. The number of nitro groups is 1. The zero-order valence-corrected chi connectivity index (χ0v) is 10.4. The van der Waals surface area contributed by atoms with Gasteiger partial charge >= 0.3 is 0 Å². The van der Waals surface area contributed by atoms with Crippen LogP contribution in [0.15, 0.2) is 48.5 Å². The Morgan fingerprint density at radius 1 is 1.05 bits per heavy atom. The number of rotatable bonds is 2. The van der Waals surface area contributed by atoms with Crippen molar-refractivity contribution >= 4 is 17.3 Å². The summed E-state index contributed by atoms with van der Waals surface area (Å²) in [6.45, 7) is 0. The monoisotopic (exact) mass is 269 g/mol. The van der Waals surface area contributed by atoms with Crippen molar-refractivity contribution in [3.8, 4) is 0 Å². The van der Waals surface area contributed by atoms with Crippen LogP contribution < -0.4 is 10.6 Å². The Balaban J connectivity index is 1.96. The highest BCUT2D eigenvalue weighted by atomic mass is 16.6. The minimum atomic E-state index is -0.517. The number of nitrogens with one attached hydrogen (secondary N) is 2. The number of amides is 1. The van der Waals surface area contributed by atoms with Crippen molar-refractivity contribution in [1.29, 1.82) is 0 Å². The van der Waals surface area contributed by atoms with Gasteiger partial charge in [0.25, 0.3) is 11.6 Å². The molecule has 0 saturated carbocycles. The van der Waals surface area contributed by atoms with Gasteiger partial charge in [0.1, 0.15) is 6.17 Å². The predicted octanol–water partition coefficient (Wildman–Crippen LogP) is 2.45. The van der Waals surface area contributed by atoms with E-state index in [4.69, 9.17) is 0 Å². The Kier molecular flexibility index (Phi) is 2.83. The van der Waals surface area contributed by atoms with Gasteiger partial charge in [-0.1, -0.05) is 30.3 Å². The number of hydrogen-bond donors (Lipinski definition) is 2. The lowest BCUT2D eigenvalue weighted by molar-refractivity contribution is -0.384. The summed E-state index contributed by atoms with van der Waals surface area (Å²) < 4.78 is 0. The van der Waals surface area contributed by atoms with E-state index in [9.17, 15) is 14.9 Å². The van der Waals surface area contributed by atoms with Gasteiger partial charge < -0.3 is 10.6 Å². The molecule has 0 spiro atoms. The van der Waals surface area contributed by atoms with Crippen molar-refractivity contribution in [2.75, 3.05) is 5.32 Å². The molecule has 2 N–H and O–H groups in total. The third kappa shape index (κ3) is 2.07. The number of carbonyl (C=O) groups excluding carboxylic acids is 1. The summed E-state index contributed by atoms with van der Waals surface area (Å²) in [4.78, 5) is 22.3. The zero-order valence-electron chi connectivity index (χ0n) is 10.4. The predicted molar refractivity (Wildman–Crippen MR) is 73.4 cm³/mol. The van der Waals surface area contributed by atoms with Gasteiger partial charge in [-0.15, -0.1) is 0 Å². The van der Waals surface area contributed by atoms with Crippen molar-refractivity contribution in [3.63, 3.8) is 0 Å².